The summed E-state index contributed by atoms with van der Waals surface area (Å²) in [5.74, 6) is 0. The standard InChI is InChI=1S/C13H20BrN/c1-13(2,3)10-15(4)12-7-5-11(9-14)6-8-12/h5-8H,9-10H2,1-4H3. The SMILES string of the molecule is CN(CC(C)(C)C)c1ccc(CBr)cc1. The molecule has 0 unspecified atom stereocenters. The summed E-state index contributed by atoms with van der Waals surface area (Å²) >= 11 is 3.45. The van der Waals surface area contributed by atoms with Gasteiger partial charge >= 0.3 is 0 Å². The molecule has 0 atom stereocenters. The van der Waals surface area contributed by atoms with Crippen molar-refractivity contribution in [2.24, 2.45) is 5.41 Å². The average Bonchev–Trinajstić information content (AvgIpc) is 2.15. The highest BCUT2D eigenvalue weighted by Gasteiger charge is 2.13. The normalized spacial score (nSPS) is 11.5. The van der Waals surface area contributed by atoms with Gasteiger partial charge in [-0.25, -0.2) is 0 Å². The van der Waals surface area contributed by atoms with Gasteiger partial charge in [-0.1, -0.05) is 48.8 Å². The molecule has 0 amide bonds. The Morgan fingerprint density at radius 2 is 1.67 bits per heavy atom. The lowest BCUT2D eigenvalue weighted by Crippen LogP contribution is -2.28. The van der Waals surface area contributed by atoms with E-state index in [1.165, 1.54) is 11.3 Å². The van der Waals surface area contributed by atoms with Crippen LogP contribution in [0.15, 0.2) is 24.3 Å². The Labute approximate surface area is 102 Å². The van der Waals surface area contributed by atoms with Gasteiger partial charge in [0.15, 0.2) is 0 Å². The molecule has 0 N–H and O–H groups in total. The smallest absolute Gasteiger partial charge is 0.0363 e. The first-order valence-electron chi connectivity index (χ1n) is 5.28. The Kier molecular flexibility index (Phi) is 4.21. The summed E-state index contributed by atoms with van der Waals surface area (Å²) in [6.45, 7) is 7.85. The van der Waals surface area contributed by atoms with Crippen molar-refractivity contribution in [3.05, 3.63) is 29.8 Å². The van der Waals surface area contributed by atoms with E-state index in [0.717, 1.165) is 11.9 Å². The average molecular weight is 270 g/mol. The molecule has 1 rings (SSSR count). The van der Waals surface area contributed by atoms with Gasteiger partial charge < -0.3 is 4.90 Å². The highest BCUT2D eigenvalue weighted by molar-refractivity contribution is 9.08. The summed E-state index contributed by atoms with van der Waals surface area (Å²) in [6.07, 6.45) is 0. The molecule has 0 bridgehead atoms. The number of halogens is 1. The highest BCUT2D eigenvalue weighted by Crippen LogP contribution is 2.21. The number of benzene rings is 1. The molecule has 0 aliphatic carbocycles. The number of hydrogen-bond donors (Lipinski definition) is 0. The fourth-order valence-corrected chi connectivity index (χ4v) is 2.02. The number of rotatable bonds is 3. The van der Waals surface area contributed by atoms with Gasteiger partial charge in [0.05, 0.1) is 0 Å². The summed E-state index contributed by atoms with van der Waals surface area (Å²) in [5.41, 5.74) is 2.94. The minimum Gasteiger partial charge on any atom is -0.374 e. The molecule has 0 fully saturated rings. The van der Waals surface area contributed by atoms with Crippen LogP contribution < -0.4 is 4.90 Å². The third kappa shape index (κ3) is 4.25. The molecule has 2 heteroatoms. The quantitative estimate of drug-likeness (QED) is 0.748. The van der Waals surface area contributed by atoms with Crippen molar-refractivity contribution in [1.29, 1.82) is 0 Å². The van der Waals surface area contributed by atoms with Crippen molar-refractivity contribution in [2.75, 3.05) is 18.5 Å². The fraction of sp³-hybridized carbons (Fsp3) is 0.538. The first-order chi connectivity index (χ1) is 6.92. The molecule has 0 saturated heterocycles. The Bertz CT molecular complexity index is 297. The zero-order valence-corrected chi connectivity index (χ0v) is 11.6. The van der Waals surface area contributed by atoms with E-state index in [2.05, 4.69) is 72.9 Å². The van der Waals surface area contributed by atoms with Crippen LogP contribution in [-0.4, -0.2) is 13.6 Å². The van der Waals surface area contributed by atoms with E-state index in [-0.39, 0.29) is 0 Å². The second-order valence-electron chi connectivity index (χ2n) is 5.22. The summed E-state index contributed by atoms with van der Waals surface area (Å²) in [5, 5.41) is 0.927. The Balaban J connectivity index is 2.70. The van der Waals surface area contributed by atoms with E-state index >= 15 is 0 Å². The molecule has 0 radical (unpaired) electrons. The lowest BCUT2D eigenvalue weighted by atomic mass is 9.96. The van der Waals surface area contributed by atoms with E-state index < -0.39 is 0 Å². The summed E-state index contributed by atoms with van der Waals surface area (Å²) in [6, 6.07) is 8.71. The largest absolute Gasteiger partial charge is 0.374 e. The maximum atomic E-state index is 3.45. The molecular formula is C13H20BrN. The zero-order chi connectivity index (χ0) is 11.5. The molecule has 1 aromatic carbocycles. The van der Waals surface area contributed by atoms with E-state index in [4.69, 9.17) is 0 Å². The molecule has 84 valence electrons. The van der Waals surface area contributed by atoms with Crippen molar-refractivity contribution in [1.82, 2.24) is 0 Å². The Hall–Kier alpha value is -0.500. The molecule has 0 aromatic heterocycles. The maximum Gasteiger partial charge on any atom is 0.0363 e. The minimum atomic E-state index is 0.336. The van der Waals surface area contributed by atoms with Crippen LogP contribution in [0.4, 0.5) is 5.69 Å². The summed E-state index contributed by atoms with van der Waals surface area (Å²) in [7, 11) is 2.15. The van der Waals surface area contributed by atoms with E-state index in [1.807, 2.05) is 0 Å². The molecule has 0 heterocycles. The fourth-order valence-electron chi connectivity index (χ4n) is 1.64. The van der Waals surface area contributed by atoms with Crippen molar-refractivity contribution in [3.8, 4) is 0 Å². The molecule has 0 aliphatic rings. The number of nitrogens with zero attached hydrogens (tertiary/aromatic N) is 1. The van der Waals surface area contributed by atoms with Gasteiger partial charge in [-0.2, -0.15) is 0 Å². The van der Waals surface area contributed by atoms with Crippen LogP contribution in [0.1, 0.15) is 26.3 Å². The molecule has 0 saturated carbocycles. The van der Waals surface area contributed by atoms with E-state index in [0.29, 0.717) is 5.41 Å². The monoisotopic (exact) mass is 269 g/mol. The van der Waals surface area contributed by atoms with Gasteiger partial charge in [-0.05, 0) is 23.1 Å². The lowest BCUT2D eigenvalue weighted by molar-refractivity contribution is 0.419. The third-order valence-corrected chi connectivity index (χ3v) is 2.89. The Morgan fingerprint density at radius 3 is 2.07 bits per heavy atom. The van der Waals surface area contributed by atoms with Crippen molar-refractivity contribution in [2.45, 2.75) is 26.1 Å². The minimum absolute atomic E-state index is 0.336. The van der Waals surface area contributed by atoms with Crippen LogP contribution in [0.3, 0.4) is 0 Å². The van der Waals surface area contributed by atoms with Crippen molar-refractivity contribution in [3.63, 3.8) is 0 Å². The van der Waals surface area contributed by atoms with Crippen LogP contribution in [0.5, 0.6) is 0 Å². The first kappa shape index (κ1) is 12.6. The molecule has 1 nitrogen and oxygen atoms in total. The van der Waals surface area contributed by atoms with E-state index in [1.54, 1.807) is 0 Å². The molecule has 1 aromatic rings. The number of alkyl halides is 1. The second kappa shape index (κ2) is 5.02. The predicted octanol–water partition coefficient (Wildman–Crippen LogP) is 4.06. The molecule has 0 aliphatic heterocycles. The summed E-state index contributed by atoms with van der Waals surface area (Å²) < 4.78 is 0. The summed E-state index contributed by atoms with van der Waals surface area (Å²) in [4.78, 5) is 2.30. The number of hydrogen-bond acceptors (Lipinski definition) is 1. The van der Waals surface area contributed by atoms with E-state index in [9.17, 15) is 0 Å². The zero-order valence-electron chi connectivity index (χ0n) is 10.0. The van der Waals surface area contributed by atoms with Crippen LogP contribution in [0, 0.1) is 5.41 Å². The topological polar surface area (TPSA) is 3.24 Å². The van der Waals surface area contributed by atoms with Gasteiger partial charge in [0.2, 0.25) is 0 Å². The maximum absolute atomic E-state index is 3.45. The predicted molar refractivity (Wildman–Crippen MR) is 71.8 cm³/mol. The van der Waals surface area contributed by atoms with Gasteiger partial charge in [-0.3, -0.25) is 0 Å². The second-order valence-corrected chi connectivity index (χ2v) is 5.78. The molecular weight excluding hydrogens is 250 g/mol. The van der Waals surface area contributed by atoms with Crippen LogP contribution in [0.2, 0.25) is 0 Å². The molecule has 15 heavy (non-hydrogen) atoms. The molecule has 0 spiro atoms. The van der Waals surface area contributed by atoms with Gasteiger partial charge in [0, 0.05) is 24.6 Å². The third-order valence-electron chi connectivity index (χ3n) is 2.24. The van der Waals surface area contributed by atoms with Crippen molar-refractivity contribution >= 4 is 21.6 Å². The lowest BCUT2D eigenvalue weighted by Gasteiger charge is -2.28. The Morgan fingerprint density at radius 1 is 1.13 bits per heavy atom. The van der Waals surface area contributed by atoms with Crippen molar-refractivity contribution < 1.29 is 0 Å². The van der Waals surface area contributed by atoms with Gasteiger partial charge in [-0.15, -0.1) is 0 Å². The first-order valence-corrected chi connectivity index (χ1v) is 6.40. The number of anilines is 1. The highest BCUT2D eigenvalue weighted by atomic mass is 79.9. The van der Waals surface area contributed by atoms with Gasteiger partial charge in [0.25, 0.3) is 0 Å². The van der Waals surface area contributed by atoms with Gasteiger partial charge in [0.1, 0.15) is 0 Å². The van der Waals surface area contributed by atoms with Crippen LogP contribution in [0.25, 0.3) is 0 Å². The van der Waals surface area contributed by atoms with Crippen LogP contribution >= 0.6 is 15.9 Å². The van der Waals surface area contributed by atoms with Crippen LogP contribution in [-0.2, 0) is 5.33 Å².